The van der Waals surface area contributed by atoms with Crippen LogP contribution in [0.1, 0.15) is 0 Å². The maximum Gasteiger partial charge on any atom is 0.282 e. The van der Waals surface area contributed by atoms with Crippen molar-refractivity contribution < 1.29 is 60.5 Å². The minimum Gasteiger partial charge on any atom is -0.412 e. The third-order valence-corrected chi connectivity index (χ3v) is 0. The first kappa shape index (κ1) is 29.6. The molecule has 0 aliphatic heterocycles. The Morgan fingerprint density at radius 1 is 0.727 bits per heavy atom. The Labute approximate surface area is 83.6 Å². The van der Waals surface area contributed by atoms with E-state index in [1.165, 1.54) is 0 Å². The van der Waals surface area contributed by atoms with Gasteiger partial charge in [0.25, 0.3) is 21.6 Å². The predicted octanol–water partition coefficient (Wildman–Crippen LogP) is -7.90. The summed E-state index contributed by atoms with van der Waals surface area (Å²) in [6.45, 7) is 0. The summed E-state index contributed by atoms with van der Waals surface area (Å²) in [5, 5.41) is 0. The largest absolute Gasteiger partial charge is 0.412 e. The zero-order valence-electron chi connectivity index (χ0n) is 4.99. The molecule has 0 atom stereocenters. The quantitative estimate of drug-likeness (QED) is 0.386. The molecule has 0 aromatic carbocycles. The molecule has 0 saturated heterocycles. The van der Waals surface area contributed by atoms with E-state index in [-0.39, 0.29) is 34.0 Å². The Morgan fingerprint density at radius 3 is 0.727 bits per heavy atom. The Morgan fingerprint density at radius 2 is 0.727 bits per heavy atom. The van der Waals surface area contributed by atoms with Crippen molar-refractivity contribution in [2.45, 2.75) is 0 Å². The zero-order chi connectivity index (χ0) is 7.15. The number of hydrogen-bond acceptors (Lipinski definition) is 6. The molecular weight excluding hydrogens is 223 g/mol. The summed E-state index contributed by atoms with van der Waals surface area (Å²) in [6, 6.07) is 0. The van der Waals surface area contributed by atoms with Crippen molar-refractivity contribution in [2.75, 3.05) is 0 Å². The highest BCUT2D eigenvalue weighted by atomic mass is 35.6. The molecule has 70 valence electrons. The van der Waals surface area contributed by atoms with Gasteiger partial charge in [0.2, 0.25) is 0 Å². The van der Waals surface area contributed by atoms with Gasteiger partial charge in [0, 0.05) is 32.4 Å². The molecule has 2 radical (unpaired) electrons. The van der Waals surface area contributed by atoms with Crippen LogP contribution in [0.4, 0.5) is 0 Å². The predicted molar refractivity (Wildman–Crippen MR) is 17.4 cm³/mol. The van der Waals surface area contributed by atoms with Crippen LogP contribution in [-0.2, 0) is 0 Å². The molecule has 0 heterocycles. The van der Waals surface area contributed by atoms with Crippen LogP contribution in [0.25, 0.3) is 0 Å². The lowest BCUT2D eigenvalue weighted by atomic mass is 15.8. The van der Waals surface area contributed by atoms with Gasteiger partial charge in [0.15, 0.2) is 0 Å². The van der Waals surface area contributed by atoms with E-state index in [1.807, 2.05) is 0 Å². The van der Waals surface area contributed by atoms with Gasteiger partial charge in [0.1, 0.15) is 0 Å². The molecule has 11 heavy (non-hydrogen) atoms. The van der Waals surface area contributed by atoms with Crippen LogP contribution in [-0.4, -0.2) is 43.3 Å². The van der Waals surface area contributed by atoms with E-state index in [4.69, 9.17) is 28.0 Å². The van der Waals surface area contributed by atoms with Gasteiger partial charge in [-0.15, -0.1) is 0 Å². The van der Waals surface area contributed by atoms with E-state index in [1.54, 1.807) is 0 Å². The van der Waals surface area contributed by atoms with Crippen molar-refractivity contribution in [3.8, 4) is 0 Å². The molecule has 0 amide bonds. The molecule has 0 aromatic heterocycles. The highest BCUT2D eigenvalue weighted by Crippen LogP contribution is 1.38. The van der Waals surface area contributed by atoms with Crippen LogP contribution in [0.5, 0.6) is 0 Å². The first-order chi connectivity index (χ1) is 3.46. The lowest BCUT2D eigenvalue weighted by Crippen LogP contribution is -2.30. The minimum absolute atomic E-state index is 0. The molecule has 0 spiro atoms. The SMILES string of the molecule is O.O.[Mg].[O-][Cl+2]([O-])O.[O-][Cl+2]([O-])O. The molecule has 0 saturated carbocycles. The van der Waals surface area contributed by atoms with Gasteiger partial charge in [-0.25, -0.2) is 0 Å². The summed E-state index contributed by atoms with van der Waals surface area (Å²) in [5.74, 6) is 0. The van der Waals surface area contributed by atoms with E-state index < -0.39 is 21.6 Å². The van der Waals surface area contributed by atoms with E-state index in [0.29, 0.717) is 0 Å². The molecule has 8 nitrogen and oxygen atoms in total. The smallest absolute Gasteiger partial charge is 0.282 e. The molecule has 0 unspecified atom stereocenters. The van der Waals surface area contributed by atoms with E-state index in [9.17, 15) is 0 Å². The average Bonchev–Trinajstić information content (AvgIpc) is 1.25. The fourth-order valence-electron chi connectivity index (χ4n) is 0. The second kappa shape index (κ2) is 22.5. The molecule has 0 bridgehead atoms. The first-order valence-electron chi connectivity index (χ1n) is 0.955. The molecule has 0 rings (SSSR count). The van der Waals surface area contributed by atoms with Crippen molar-refractivity contribution >= 4 is 23.1 Å². The standard InChI is InChI=1S/2ClHO3.Mg.2H2O/c2*2-1(3)4;;;/h2*2H;;2*1H2. The molecule has 0 aromatic rings. The highest BCUT2D eigenvalue weighted by molar-refractivity contribution is 5.75. The van der Waals surface area contributed by atoms with Gasteiger partial charge in [-0.2, -0.15) is 0 Å². The lowest BCUT2D eigenvalue weighted by molar-refractivity contribution is -1.63. The van der Waals surface area contributed by atoms with E-state index in [0.717, 1.165) is 0 Å². The summed E-state index contributed by atoms with van der Waals surface area (Å²) in [4.78, 5) is 0. The van der Waals surface area contributed by atoms with Gasteiger partial charge < -0.3 is 29.6 Å². The van der Waals surface area contributed by atoms with E-state index >= 15 is 0 Å². The molecular formula is H6Cl2MgO8. The Kier molecular flexibility index (Phi) is 60.5. The third kappa shape index (κ3) is 853. The van der Waals surface area contributed by atoms with Crippen molar-refractivity contribution in [2.24, 2.45) is 0 Å². The molecule has 11 heteroatoms. The molecule has 0 aliphatic rings. The second-order valence-electron chi connectivity index (χ2n) is 0.402. The summed E-state index contributed by atoms with van der Waals surface area (Å²) in [6.07, 6.45) is 0. The number of halogens is 2. The van der Waals surface area contributed by atoms with Gasteiger partial charge in [-0.3, -0.25) is 0 Å². The van der Waals surface area contributed by atoms with Crippen LogP contribution in [0.2, 0.25) is 0 Å². The average molecular weight is 229 g/mol. The topological polar surface area (TPSA) is 196 Å². The normalized spacial score (nSPS) is 6.55. The van der Waals surface area contributed by atoms with Crippen molar-refractivity contribution in [1.29, 1.82) is 0 Å². The summed E-state index contributed by atoms with van der Waals surface area (Å²) in [5.41, 5.74) is 0. The summed E-state index contributed by atoms with van der Waals surface area (Å²) in [7, 11) is -5.20. The van der Waals surface area contributed by atoms with Crippen LogP contribution in [0.3, 0.4) is 0 Å². The number of rotatable bonds is 0. The second-order valence-corrected chi connectivity index (χ2v) is 1.21. The molecule has 6 N–H and O–H groups in total. The maximum atomic E-state index is 8.52. The highest BCUT2D eigenvalue weighted by Gasteiger charge is 1.79. The van der Waals surface area contributed by atoms with Crippen molar-refractivity contribution in [3.05, 3.63) is 0 Å². The maximum absolute atomic E-state index is 8.52. The van der Waals surface area contributed by atoms with Crippen LogP contribution in [0.15, 0.2) is 0 Å². The fourth-order valence-corrected chi connectivity index (χ4v) is 0. The van der Waals surface area contributed by atoms with Gasteiger partial charge in [0.05, 0.1) is 0 Å². The summed E-state index contributed by atoms with van der Waals surface area (Å²) >= 11 is 0. The van der Waals surface area contributed by atoms with Gasteiger partial charge >= 0.3 is 0 Å². The van der Waals surface area contributed by atoms with Gasteiger partial charge in [-0.1, -0.05) is 0 Å². The fraction of sp³-hybridized carbons (Fsp3) is 0. The van der Waals surface area contributed by atoms with Gasteiger partial charge in [-0.05, 0) is 0 Å². The van der Waals surface area contributed by atoms with E-state index in [2.05, 4.69) is 0 Å². The van der Waals surface area contributed by atoms with Crippen LogP contribution in [0, 0.1) is 21.6 Å². The van der Waals surface area contributed by atoms with Crippen LogP contribution >= 0.6 is 0 Å². The Balaban J connectivity index is -0.0000000171. The first-order valence-corrected chi connectivity index (χ1v) is 2.87. The molecule has 0 aliphatic carbocycles. The monoisotopic (exact) mass is 228 g/mol. The summed E-state index contributed by atoms with van der Waals surface area (Å²) < 4.78 is 47.9. The number of hydrogen-bond donors (Lipinski definition) is 2. The van der Waals surface area contributed by atoms with Crippen LogP contribution < -0.4 is 18.6 Å². The lowest BCUT2D eigenvalue weighted by Gasteiger charge is -1.72. The molecule has 0 fully saturated rings. The Hall–Kier alpha value is 1.03. The Bertz CT molecular complexity index is 27.6. The zero-order valence-corrected chi connectivity index (χ0v) is 7.92. The van der Waals surface area contributed by atoms with Crippen molar-refractivity contribution in [1.82, 2.24) is 0 Å². The minimum atomic E-state index is -2.60. The van der Waals surface area contributed by atoms with Crippen molar-refractivity contribution in [3.63, 3.8) is 0 Å². The third-order valence-electron chi connectivity index (χ3n) is 0.